The van der Waals surface area contributed by atoms with Gasteiger partial charge < -0.3 is 0 Å². The lowest BCUT2D eigenvalue weighted by molar-refractivity contribution is 0.851. The molecule has 7 heteroatoms. The summed E-state index contributed by atoms with van der Waals surface area (Å²) in [6.07, 6.45) is 0. The number of hydrogen-bond acceptors (Lipinski definition) is 0. The maximum absolute atomic E-state index is 3.12. The Morgan fingerprint density at radius 3 is 0.727 bits per heavy atom. The Labute approximate surface area is 348 Å². The van der Waals surface area contributed by atoms with Gasteiger partial charge in [-0.1, -0.05) is 225 Å². The number of rotatable bonds is 10. The molecule has 4 rings (SSSR count). The zero-order chi connectivity index (χ0) is 42.6. The lowest BCUT2D eigenvalue weighted by Gasteiger charge is -2.49. The van der Waals surface area contributed by atoms with E-state index in [2.05, 4.69) is 203 Å². The fourth-order valence-corrected chi connectivity index (χ4v) is 32.9. The van der Waals surface area contributed by atoms with Crippen molar-refractivity contribution in [3.05, 3.63) is 75.0 Å². The van der Waals surface area contributed by atoms with E-state index in [9.17, 15) is 0 Å². The summed E-state index contributed by atoms with van der Waals surface area (Å²) >= 11 is 0. The highest BCUT2D eigenvalue weighted by Crippen LogP contribution is 2.42. The summed E-state index contributed by atoms with van der Waals surface area (Å²) in [5.74, 6) is 0.393. The van der Waals surface area contributed by atoms with Crippen LogP contribution in [0.1, 0.15) is 44.4 Å². The highest BCUT2D eigenvalue weighted by molar-refractivity contribution is 7.23. The van der Waals surface area contributed by atoms with E-state index < -0.39 is 56.5 Å². The van der Waals surface area contributed by atoms with Gasteiger partial charge in [0.25, 0.3) is 0 Å². The van der Waals surface area contributed by atoms with Gasteiger partial charge in [0.15, 0.2) is 8.07 Å². The van der Waals surface area contributed by atoms with Gasteiger partial charge in [0, 0.05) is 0 Å². The Kier molecular flexibility index (Phi) is 12.4. The van der Waals surface area contributed by atoms with Crippen LogP contribution in [0.5, 0.6) is 0 Å². The lowest BCUT2D eigenvalue weighted by atomic mass is 10.1. The van der Waals surface area contributed by atoms with Crippen molar-refractivity contribution in [3.8, 4) is 0 Å². The summed E-state index contributed by atoms with van der Waals surface area (Å²) in [5, 5.41) is 17.5. The van der Waals surface area contributed by atoms with Gasteiger partial charge in [0.2, 0.25) is 0 Å². The standard InChI is InChI=1S/C48H82Si7/c1-32-33(2)35(4)45(34(32)3)55(46-36(5)39(49(8,9)10)26-29-42(46)52(17,18)19,47-37(6)40(50(11,12)13)27-30-43(47)53(20,21)22)48-38(7)41(51(14,15)16)28-31-44(48)54(23,24)25/h26-31,34H,1-25H3. The molecule has 0 N–H and O–H groups in total. The maximum Gasteiger partial charge on any atom is 0.176 e. The first-order chi connectivity index (χ1) is 24.5. The van der Waals surface area contributed by atoms with Crippen molar-refractivity contribution in [2.24, 2.45) is 5.92 Å². The highest BCUT2D eigenvalue weighted by Gasteiger charge is 2.56. The first kappa shape index (κ1) is 46.3. The second-order valence-electron chi connectivity index (χ2n) is 23.8. The molecule has 0 heterocycles. The molecule has 0 radical (unpaired) electrons. The van der Waals surface area contributed by atoms with Gasteiger partial charge in [0.05, 0.1) is 48.4 Å². The van der Waals surface area contributed by atoms with Crippen LogP contribution in [0.3, 0.4) is 0 Å². The number of allylic oxidation sites excluding steroid dienone is 4. The van der Waals surface area contributed by atoms with Crippen LogP contribution < -0.4 is 46.7 Å². The molecule has 3 aromatic rings. The van der Waals surface area contributed by atoms with E-state index in [1.165, 1.54) is 0 Å². The summed E-state index contributed by atoms with van der Waals surface area (Å²) in [6.45, 7) is 65.3. The van der Waals surface area contributed by atoms with Crippen LogP contribution in [-0.4, -0.2) is 56.5 Å². The molecule has 302 valence electrons. The van der Waals surface area contributed by atoms with E-state index >= 15 is 0 Å². The molecular weight excluding hydrogens is 773 g/mol. The van der Waals surface area contributed by atoms with Crippen LogP contribution in [0.15, 0.2) is 58.3 Å². The first-order valence-electron chi connectivity index (χ1n) is 21.4. The van der Waals surface area contributed by atoms with Crippen molar-refractivity contribution in [1.82, 2.24) is 0 Å². The highest BCUT2D eigenvalue weighted by atomic mass is 28.3. The van der Waals surface area contributed by atoms with Gasteiger partial charge in [0.1, 0.15) is 0 Å². The average Bonchev–Trinajstić information content (AvgIpc) is 3.17. The monoisotopic (exact) mass is 854 g/mol. The molecule has 1 unspecified atom stereocenters. The summed E-state index contributed by atoms with van der Waals surface area (Å²) in [6, 6.07) is 16.0. The number of benzene rings is 3. The molecule has 1 atom stereocenters. The summed E-state index contributed by atoms with van der Waals surface area (Å²) in [7, 11) is -14.0. The summed E-state index contributed by atoms with van der Waals surface area (Å²) in [5.41, 5.74) is 9.71. The molecule has 0 aromatic heterocycles. The molecule has 3 aromatic carbocycles. The second kappa shape index (κ2) is 14.7. The van der Waals surface area contributed by atoms with E-state index in [4.69, 9.17) is 0 Å². The normalized spacial score (nSPS) is 16.9. The van der Waals surface area contributed by atoms with E-state index in [-0.39, 0.29) is 0 Å². The molecule has 55 heavy (non-hydrogen) atoms. The van der Waals surface area contributed by atoms with Crippen LogP contribution in [0, 0.1) is 26.7 Å². The van der Waals surface area contributed by atoms with Crippen LogP contribution in [0.25, 0.3) is 0 Å². The third-order valence-corrected chi connectivity index (χ3v) is 32.5. The van der Waals surface area contributed by atoms with Crippen molar-refractivity contribution < 1.29 is 0 Å². The van der Waals surface area contributed by atoms with Gasteiger partial charge in [-0.15, -0.1) is 0 Å². The fourth-order valence-electron chi connectivity index (χ4n) is 10.6. The van der Waals surface area contributed by atoms with Gasteiger partial charge >= 0.3 is 0 Å². The number of hydrogen-bond donors (Lipinski definition) is 0. The molecule has 1 aliphatic rings. The third-order valence-electron chi connectivity index (χ3n) is 13.4. The zero-order valence-electron chi connectivity index (χ0n) is 40.5. The Morgan fingerprint density at radius 2 is 0.545 bits per heavy atom. The van der Waals surface area contributed by atoms with Crippen LogP contribution >= 0.6 is 0 Å². The molecule has 0 nitrogen and oxygen atoms in total. The van der Waals surface area contributed by atoms with Gasteiger partial charge in [-0.3, -0.25) is 0 Å². The molecule has 0 aliphatic heterocycles. The van der Waals surface area contributed by atoms with Crippen LogP contribution in [0.4, 0.5) is 0 Å². The van der Waals surface area contributed by atoms with Gasteiger partial charge in [-0.2, -0.15) is 0 Å². The topological polar surface area (TPSA) is 0 Å². The first-order valence-corrected chi connectivity index (χ1v) is 44.4. The molecule has 0 fully saturated rings. The molecule has 1 aliphatic carbocycles. The Hall–Kier alpha value is -1.34. The van der Waals surface area contributed by atoms with Gasteiger partial charge in [-0.05, 0) is 68.6 Å². The molecule has 0 bridgehead atoms. The smallest absolute Gasteiger partial charge is 0.0656 e. The molecule has 0 spiro atoms. The largest absolute Gasteiger partial charge is 0.176 e. The average molecular weight is 856 g/mol. The SMILES string of the molecule is CC1=C(C)C(C)C([Si](c2c([Si](C)(C)C)ccc([Si](C)(C)C)c2C)(c2c([Si](C)(C)C)ccc([Si](C)(C)C)c2C)c2c([Si](C)(C)C)ccc([Si](C)(C)C)c2C)=C1C. The van der Waals surface area contributed by atoms with E-state index in [1.807, 2.05) is 20.8 Å². The van der Waals surface area contributed by atoms with Crippen LogP contribution in [0.2, 0.25) is 118 Å². The molecule has 0 amide bonds. The predicted molar refractivity (Wildman–Crippen MR) is 276 cm³/mol. The third kappa shape index (κ3) is 8.04. The molecule has 0 saturated heterocycles. The predicted octanol–water partition coefficient (Wildman–Crippen LogP) is 9.20. The fraction of sp³-hybridized carbons (Fsp3) is 0.542. The van der Waals surface area contributed by atoms with Crippen molar-refractivity contribution in [2.75, 3.05) is 0 Å². The van der Waals surface area contributed by atoms with Crippen molar-refractivity contribution >= 4 is 103 Å². The molecule has 0 saturated carbocycles. The van der Waals surface area contributed by atoms with E-state index in [1.54, 1.807) is 64.5 Å². The lowest BCUT2D eigenvalue weighted by Crippen LogP contribution is -2.84. The zero-order valence-corrected chi connectivity index (χ0v) is 47.5. The minimum Gasteiger partial charge on any atom is -0.0656 e. The van der Waals surface area contributed by atoms with Crippen molar-refractivity contribution in [3.63, 3.8) is 0 Å². The Bertz CT molecular complexity index is 1870. The van der Waals surface area contributed by atoms with E-state index in [0.29, 0.717) is 5.92 Å². The minimum atomic E-state index is -3.12. The quantitative estimate of drug-likeness (QED) is 0.141. The second-order valence-corrected chi connectivity index (χ2v) is 57.6. The maximum atomic E-state index is 2.71. The minimum absolute atomic E-state index is 0.393. The molecular formula is C48H82Si7. The van der Waals surface area contributed by atoms with Crippen LogP contribution in [-0.2, 0) is 0 Å². The van der Waals surface area contributed by atoms with E-state index in [0.717, 1.165) is 0 Å². The Morgan fingerprint density at radius 1 is 0.327 bits per heavy atom. The summed E-state index contributed by atoms with van der Waals surface area (Å²) in [4.78, 5) is 0. The van der Waals surface area contributed by atoms with Crippen molar-refractivity contribution in [1.29, 1.82) is 0 Å². The summed E-state index contributed by atoms with van der Waals surface area (Å²) < 4.78 is 0. The Balaban J connectivity index is 2.78. The van der Waals surface area contributed by atoms with Gasteiger partial charge in [-0.25, -0.2) is 0 Å². The van der Waals surface area contributed by atoms with Crippen molar-refractivity contribution in [2.45, 2.75) is 166 Å².